The van der Waals surface area contributed by atoms with Gasteiger partial charge in [0.15, 0.2) is 0 Å². The Labute approximate surface area is 68.3 Å². The first-order valence-electron chi connectivity index (χ1n) is 4.17. The van der Waals surface area contributed by atoms with E-state index in [9.17, 15) is 0 Å². The molecule has 0 spiro atoms. The number of halogens is 1. The van der Waals surface area contributed by atoms with E-state index in [-0.39, 0.29) is 0 Å². The minimum atomic E-state index is 0.750. The summed E-state index contributed by atoms with van der Waals surface area (Å²) in [5.41, 5.74) is 1.46. The standard InChI is InChI=1S/C9H15Cl/c10-8-9-6-4-2-1-3-5-7-9/h6H,1-5,7-8H2/b9-6+. The molecule has 0 heterocycles. The molecule has 10 heavy (non-hydrogen) atoms. The van der Waals surface area contributed by atoms with E-state index in [4.69, 9.17) is 11.6 Å². The smallest absolute Gasteiger partial charge is 0.0433 e. The molecular weight excluding hydrogens is 144 g/mol. The van der Waals surface area contributed by atoms with Crippen molar-refractivity contribution in [2.45, 2.75) is 38.5 Å². The minimum Gasteiger partial charge on any atom is -0.122 e. The summed E-state index contributed by atoms with van der Waals surface area (Å²) in [5.74, 6) is 0.750. The zero-order valence-electron chi connectivity index (χ0n) is 6.41. The third kappa shape index (κ3) is 2.74. The number of allylic oxidation sites excluding steroid dienone is 2. The van der Waals surface area contributed by atoms with Crippen LogP contribution in [0.1, 0.15) is 38.5 Å². The van der Waals surface area contributed by atoms with Gasteiger partial charge < -0.3 is 0 Å². The Morgan fingerprint density at radius 1 is 1.20 bits per heavy atom. The van der Waals surface area contributed by atoms with Crippen LogP contribution in [0, 0.1) is 0 Å². The van der Waals surface area contributed by atoms with Crippen LogP contribution >= 0.6 is 11.6 Å². The van der Waals surface area contributed by atoms with Crippen molar-refractivity contribution in [3.63, 3.8) is 0 Å². The van der Waals surface area contributed by atoms with Crippen molar-refractivity contribution in [2.24, 2.45) is 0 Å². The molecule has 0 saturated heterocycles. The maximum atomic E-state index is 5.74. The van der Waals surface area contributed by atoms with Gasteiger partial charge in [0.25, 0.3) is 0 Å². The van der Waals surface area contributed by atoms with E-state index in [0.717, 1.165) is 5.88 Å². The van der Waals surface area contributed by atoms with Crippen molar-refractivity contribution in [2.75, 3.05) is 5.88 Å². The normalized spacial score (nSPS) is 26.3. The Morgan fingerprint density at radius 3 is 2.80 bits per heavy atom. The fourth-order valence-electron chi connectivity index (χ4n) is 1.38. The summed E-state index contributed by atoms with van der Waals surface area (Å²) in [6, 6.07) is 0. The molecule has 0 unspecified atom stereocenters. The van der Waals surface area contributed by atoms with Gasteiger partial charge in [0.2, 0.25) is 0 Å². The van der Waals surface area contributed by atoms with Gasteiger partial charge in [-0.15, -0.1) is 11.6 Å². The molecule has 1 aliphatic rings. The molecule has 0 amide bonds. The molecule has 0 radical (unpaired) electrons. The molecule has 1 aliphatic carbocycles. The largest absolute Gasteiger partial charge is 0.122 e. The third-order valence-electron chi connectivity index (χ3n) is 2.06. The molecule has 0 N–H and O–H groups in total. The Balaban J connectivity index is 2.35. The van der Waals surface area contributed by atoms with Crippen molar-refractivity contribution < 1.29 is 0 Å². The molecule has 0 aromatic heterocycles. The highest BCUT2D eigenvalue weighted by Gasteiger charge is 1.99. The van der Waals surface area contributed by atoms with Gasteiger partial charge in [-0.05, 0) is 25.7 Å². The second-order valence-corrected chi connectivity index (χ2v) is 3.22. The summed E-state index contributed by atoms with van der Waals surface area (Å²) >= 11 is 5.74. The molecule has 0 aliphatic heterocycles. The Bertz CT molecular complexity index is 116. The summed E-state index contributed by atoms with van der Waals surface area (Å²) in [6.45, 7) is 0. The van der Waals surface area contributed by atoms with Gasteiger partial charge in [-0.25, -0.2) is 0 Å². The lowest BCUT2D eigenvalue weighted by molar-refractivity contribution is 0.626. The number of hydrogen-bond acceptors (Lipinski definition) is 0. The van der Waals surface area contributed by atoms with Crippen molar-refractivity contribution in [3.05, 3.63) is 11.6 Å². The van der Waals surface area contributed by atoms with Crippen LogP contribution in [0.5, 0.6) is 0 Å². The van der Waals surface area contributed by atoms with E-state index in [2.05, 4.69) is 6.08 Å². The minimum absolute atomic E-state index is 0.750. The molecule has 0 aromatic carbocycles. The fraction of sp³-hybridized carbons (Fsp3) is 0.778. The first-order chi connectivity index (χ1) is 4.93. The topological polar surface area (TPSA) is 0 Å². The number of hydrogen-bond donors (Lipinski definition) is 0. The average Bonchev–Trinajstić information content (AvgIpc) is 1.87. The maximum Gasteiger partial charge on any atom is 0.0433 e. The SMILES string of the molecule is ClC/C1=C/CCCCCC1. The summed E-state index contributed by atoms with van der Waals surface area (Å²) in [7, 11) is 0. The van der Waals surface area contributed by atoms with Gasteiger partial charge >= 0.3 is 0 Å². The second kappa shape index (κ2) is 4.79. The lowest BCUT2D eigenvalue weighted by Crippen LogP contribution is -1.90. The van der Waals surface area contributed by atoms with Crippen LogP contribution < -0.4 is 0 Å². The van der Waals surface area contributed by atoms with Gasteiger partial charge in [-0.1, -0.05) is 24.5 Å². The monoisotopic (exact) mass is 158 g/mol. The number of rotatable bonds is 1. The van der Waals surface area contributed by atoms with Crippen molar-refractivity contribution in [1.82, 2.24) is 0 Å². The van der Waals surface area contributed by atoms with Crippen LogP contribution in [-0.4, -0.2) is 5.88 Å². The van der Waals surface area contributed by atoms with Crippen LogP contribution in [-0.2, 0) is 0 Å². The molecule has 0 nitrogen and oxygen atoms in total. The van der Waals surface area contributed by atoms with E-state index >= 15 is 0 Å². The molecule has 0 aromatic rings. The molecule has 0 bridgehead atoms. The van der Waals surface area contributed by atoms with Crippen molar-refractivity contribution >= 4 is 11.6 Å². The summed E-state index contributed by atoms with van der Waals surface area (Å²) in [6.07, 6.45) is 10.3. The molecular formula is C9H15Cl. The van der Waals surface area contributed by atoms with Crippen LogP contribution in [0.15, 0.2) is 11.6 Å². The Morgan fingerprint density at radius 2 is 2.00 bits per heavy atom. The number of alkyl halides is 1. The van der Waals surface area contributed by atoms with Gasteiger partial charge in [-0.2, -0.15) is 0 Å². The predicted octanol–water partition coefficient (Wildman–Crippen LogP) is 3.51. The van der Waals surface area contributed by atoms with Crippen LogP contribution in [0.4, 0.5) is 0 Å². The van der Waals surface area contributed by atoms with E-state index in [1.54, 1.807) is 0 Å². The van der Waals surface area contributed by atoms with E-state index in [1.807, 2.05) is 0 Å². The molecule has 58 valence electrons. The fourth-order valence-corrected chi connectivity index (χ4v) is 1.62. The molecule has 0 fully saturated rings. The second-order valence-electron chi connectivity index (χ2n) is 2.95. The van der Waals surface area contributed by atoms with E-state index in [1.165, 1.54) is 44.1 Å². The highest BCUT2D eigenvalue weighted by molar-refractivity contribution is 6.19. The van der Waals surface area contributed by atoms with E-state index < -0.39 is 0 Å². The molecule has 1 heteroatoms. The summed E-state index contributed by atoms with van der Waals surface area (Å²) in [4.78, 5) is 0. The predicted molar refractivity (Wildman–Crippen MR) is 46.5 cm³/mol. The molecule has 1 rings (SSSR count). The first kappa shape index (κ1) is 8.13. The molecule has 0 atom stereocenters. The highest BCUT2D eigenvalue weighted by Crippen LogP contribution is 2.17. The van der Waals surface area contributed by atoms with Crippen LogP contribution in [0.2, 0.25) is 0 Å². The van der Waals surface area contributed by atoms with Gasteiger partial charge in [0, 0.05) is 5.88 Å². The van der Waals surface area contributed by atoms with Crippen molar-refractivity contribution in [3.8, 4) is 0 Å². The maximum absolute atomic E-state index is 5.74. The first-order valence-corrected chi connectivity index (χ1v) is 4.71. The quantitative estimate of drug-likeness (QED) is 0.405. The summed E-state index contributed by atoms with van der Waals surface area (Å²) in [5, 5.41) is 0. The average molecular weight is 159 g/mol. The van der Waals surface area contributed by atoms with Crippen molar-refractivity contribution in [1.29, 1.82) is 0 Å². The van der Waals surface area contributed by atoms with Crippen LogP contribution in [0.3, 0.4) is 0 Å². The van der Waals surface area contributed by atoms with Gasteiger partial charge in [0.05, 0.1) is 0 Å². The lowest BCUT2D eigenvalue weighted by Gasteiger charge is -2.07. The highest BCUT2D eigenvalue weighted by atomic mass is 35.5. The Hall–Kier alpha value is 0.0300. The third-order valence-corrected chi connectivity index (χ3v) is 2.40. The zero-order valence-corrected chi connectivity index (χ0v) is 7.16. The summed E-state index contributed by atoms with van der Waals surface area (Å²) < 4.78 is 0. The Kier molecular flexibility index (Phi) is 3.89. The van der Waals surface area contributed by atoms with Gasteiger partial charge in [-0.3, -0.25) is 0 Å². The van der Waals surface area contributed by atoms with Gasteiger partial charge in [0.1, 0.15) is 0 Å². The molecule has 0 saturated carbocycles. The van der Waals surface area contributed by atoms with Crippen LogP contribution in [0.25, 0.3) is 0 Å². The zero-order chi connectivity index (χ0) is 7.23. The van der Waals surface area contributed by atoms with E-state index in [0.29, 0.717) is 0 Å². The lowest BCUT2D eigenvalue weighted by atomic mass is 10.0.